The molecular formula is C25H30F2N4O. The van der Waals surface area contributed by atoms with E-state index in [1.807, 2.05) is 4.90 Å². The molecule has 2 aromatic rings. The molecule has 1 aliphatic heterocycles. The highest BCUT2D eigenvalue weighted by atomic mass is 19.1. The highest BCUT2D eigenvalue weighted by Gasteiger charge is 2.50. The van der Waals surface area contributed by atoms with Crippen LogP contribution in [0.1, 0.15) is 66.2 Å². The third-order valence-electron chi connectivity index (χ3n) is 8.00. The van der Waals surface area contributed by atoms with Crippen molar-refractivity contribution < 1.29 is 13.6 Å². The van der Waals surface area contributed by atoms with Gasteiger partial charge in [-0.3, -0.25) is 9.69 Å². The van der Waals surface area contributed by atoms with Gasteiger partial charge in [0, 0.05) is 50.3 Å². The van der Waals surface area contributed by atoms with Crippen LogP contribution in [0.5, 0.6) is 0 Å². The Morgan fingerprint density at radius 1 is 1.06 bits per heavy atom. The van der Waals surface area contributed by atoms with E-state index in [-0.39, 0.29) is 11.6 Å². The normalized spacial score (nSPS) is 25.6. The van der Waals surface area contributed by atoms with E-state index < -0.39 is 11.6 Å². The predicted octanol–water partition coefficient (Wildman–Crippen LogP) is 4.15. The fourth-order valence-electron chi connectivity index (χ4n) is 6.14. The number of amides is 1. The third-order valence-corrected chi connectivity index (χ3v) is 8.00. The van der Waals surface area contributed by atoms with Crippen LogP contribution in [0.4, 0.5) is 8.78 Å². The van der Waals surface area contributed by atoms with Crippen LogP contribution in [-0.2, 0) is 6.42 Å². The average Bonchev–Trinajstić information content (AvgIpc) is 3.30. The second-order valence-electron chi connectivity index (χ2n) is 10.1. The molecule has 2 heterocycles. The van der Waals surface area contributed by atoms with Gasteiger partial charge in [0.15, 0.2) is 11.5 Å². The summed E-state index contributed by atoms with van der Waals surface area (Å²) in [7, 11) is 0. The van der Waals surface area contributed by atoms with Gasteiger partial charge in [0.1, 0.15) is 11.5 Å². The minimum atomic E-state index is -0.644. The summed E-state index contributed by atoms with van der Waals surface area (Å²) in [4.78, 5) is 17.9. The van der Waals surface area contributed by atoms with Crippen LogP contribution in [0.2, 0.25) is 0 Å². The monoisotopic (exact) mass is 440 g/mol. The summed E-state index contributed by atoms with van der Waals surface area (Å²) in [6, 6.07) is 3.56. The lowest BCUT2D eigenvalue weighted by atomic mass is 9.89. The van der Waals surface area contributed by atoms with Crippen LogP contribution in [-0.4, -0.2) is 58.2 Å². The van der Waals surface area contributed by atoms with E-state index in [4.69, 9.17) is 0 Å². The Labute approximate surface area is 187 Å². The van der Waals surface area contributed by atoms with Gasteiger partial charge < -0.3 is 4.90 Å². The quantitative estimate of drug-likeness (QED) is 0.717. The lowest BCUT2D eigenvalue weighted by Crippen LogP contribution is -2.50. The van der Waals surface area contributed by atoms with Gasteiger partial charge in [0.2, 0.25) is 0 Å². The molecule has 5 nitrogen and oxygen atoms in total. The zero-order valence-electron chi connectivity index (χ0n) is 18.4. The van der Waals surface area contributed by atoms with Crippen molar-refractivity contribution in [1.82, 2.24) is 19.6 Å². The van der Waals surface area contributed by atoms with Crippen LogP contribution in [0.15, 0.2) is 18.2 Å². The summed E-state index contributed by atoms with van der Waals surface area (Å²) in [6.07, 6.45) is 8.66. The Morgan fingerprint density at radius 3 is 2.59 bits per heavy atom. The van der Waals surface area contributed by atoms with E-state index >= 15 is 0 Å². The fraction of sp³-hybridized carbons (Fsp3) is 0.600. The van der Waals surface area contributed by atoms with Crippen molar-refractivity contribution in [3.8, 4) is 5.69 Å². The van der Waals surface area contributed by atoms with Crippen molar-refractivity contribution in [1.29, 1.82) is 0 Å². The minimum absolute atomic E-state index is 0.0406. The van der Waals surface area contributed by atoms with Crippen LogP contribution >= 0.6 is 0 Å². The molecule has 4 aliphatic rings. The van der Waals surface area contributed by atoms with E-state index in [2.05, 4.69) is 10.00 Å². The number of piperazine rings is 1. The zero-order chi connectivity index (χ0) is 21.8. The highest BCUT2D eigenvalue weighted by molar-refractivity contribution is 5.94. The SMILES string of the molecule is O=C(c1nn(-c2ccc(F)cc2F)c2c1C[C@H]1C[C@@H]21)N1CCN(CC2CCCCC2)CC1. The van der Waals surface area contributed by atoms with Gasteiger partial charge in [0.25, 0.3) is 5.91 Å². The Kier molecular flexibility index (Phi) is 5.05. The summed E-state index contributed by atoms with van der Waals surface area (Å²) in [5.74, 6) is 0.396. The van der Waals surface area contributed by atoms with Gasteiger partial charge in [-0.1, -0.05) is 19.3 Å². The summed E-state index contributed by atoms with van der Waals surface area (Å²) in [6.45, 7) is 4.39. The first-order chi connectivity index (χ1) is 15.6. The maximum atomic E-state index is 14.5. The van der Waals surface area contributed by atoms with Gasteiger partial charge in [0.05, 0.1) is 5.69 Å². The third kappa shape index (κ3) is 3.54. The molecule has 1 saturated heterocycles. The van der Waals surface area contributed by atoms with Crippen molar-refractivity contribution in [3.05, 3.63) is 46.8 Å². The van der Waals surface area contributed by atoms with Crippen molar-refractivity contribution in [2.75, 3.05) is 32.7 Å². The van der Waals surface area contributed by atoms with Crippen molar-refractivity contribution in [2.24, 2.45) is 11.8 Å². The molecule has 7 heteroatoms. The van der Waals surface area contributed by atoms with Gasteiger partial charge in [-0.2, -0.15) is 5.10 Å². The topological polar surface area (TPSA) is 41.4 Å². The number of carbonyl (C=O) groups excluding carboxylic acids is 1. The Morgan fingerprint density at radius 2 is 1.84 bits per heavy atom. The fourth-order valence-corrected chi connectivity index (χ4v) is 6.14. The molecule has 2 saturated carbocycles. The lowest BCUT2D eigenvalue weighted by Gasteiger charge is -2.37. The molecule has 170 valence electrons. The molecule has 3 fully saturated rings. The second kappa shape index (κ2) is 7.94. The Balaban J connectivity index is 1.20. The van der Waals surface area contributed by atoms with E-state index in [0.717, 1.165) is 55.7 Å². The van der Waals surface area contributed by atoms with Gasteiger partial charge in [-0.25, -0.2) is 13.5 Å². The smallest absolute Gasteiger partial charge is 0.274 e. The molecule has 1 aromatic carbocycles. The van der Waals surface area contributed by atoms with Crippen LogP contribution in [0.3, 0.4) is 0 Å². The van der Waals surface area contributed by atoms with E-state index in [1.165, 1.54) is 44.2 Å². The van der Waals surface area contributed by atoms with Gasteiger partial charge in [-0.15, -0.1) is 0 Å². The largest absolute Gasteiger partial charge is 0.335 e. The first-order valence-electron chi connectivity index (χ1n) is 12.2. The molecule has 1 aromatic heterocycles. The van der Waals surface area contributed by atoms with E-state index in [9.17, 15) is 13.6 Å². The maximum absolute atomic E-state index is 14.5. The second-order valence-corrected chi connectivity index (χ2v) is 10.1. The minimum Gasteiger partial charge on any atom is -0.335 e. The number of nitrogens with zero attached hydrogens (tertiary/aromatic N) is 4. The number of hydrogen-bond acceptors (Lipinski definition) is 3. The standard InChI is InChI=1S/C25H30F2N4O/c26-18-6-7-22(21(27)14-18)31-24-19-12-17(19)13-20(24)23(28-31)25(32)30-10-8-29(9-11-30)15-16-4-2-1-3-5-16/h6-7,14,16-17,19H,1-5,8-13,15H2/t17-,19-/m1/s1. The number of halogens is 2. The number of hydrogen-bond donors (Lipinski definition) is 0. The predicted molar refractivity (Wildman–Crippen MR) is 117 cm³/mol. The Hall–Kier alpha value is -2.28. The number of rotatable bonds is 4. The first-order valence-corrected chi connectivity index (χ1v) is 12.2. The summed E-state index contributed by atoms with van der Waals surface area (Å²) < 4.78 is 29.6. The van der Waals surface area contributed by atoms with Gasteiger partial charge >= 0.3 is 0 Å². The summed E-state index contributed by atoms with van der Waals surface area (Å²) in [5.41, 5.74) is 2.63. The van der Waals surface area contributed by atoms with Crippen LogP contribution in [0, 0.1) is 23.5 Å². The molecule has 6 rings (SSSR count). The molecular weight excluding hydrogens is 410 g/mol. The van der Waals surface area contributed by atoms with Crippen LogP contribution in [0.25, 0.3) is 5.69 Å². The molecule has 0 unspecified atom stereocenters. The molecule has 1 amide bonds. The van der Waals surface area contributed by atoms with E-state index in [1.54, 1.807) is 4.68 Å². The van der Waals surface area contributed by atoms with Gasteiger partial charge in [-0.05, 0) is 49.7 Å². The van der Waals surface area contributed by atoms with Crippen LogP contribution < -0.4 is 0 Å². The molecule has 2 atom stereocenters. The Bertz CT molecular complexity index is 1040. The zero-order valence-corrected chi connectivity index (χ0v) is 18.4. The first kappa shape index (κ1) is 20.3. The van der Waals surface area contributed by atoms with Crippen molar-refractivity contribution in [3.63, 3.8) is 0 Å². The van der Waals surface area contributed by atoms with Crippen molar-refractivity contribution in [2.45, 2.75) is 50.9 Å². The molecule has 0 radical (unpaired) electrons. The lowest BCUT2D eigenvalue weighted by molar-refractivity contribution is 0.0599. The number of carbonyl (C=O) groups is 1. The molecule has 0 spiro atoms. The highest BCUT2D eigenvalue weighted by Crippen LogP contribution is 2.57. The number of benzene rings is 1. The molecule has 3 aliphatic carbocycles. The number of aromatic nitrogens is 2. The van der Waals surface area contributed by atoms with Crippen molar-refractivity contribution >= 4 is 5.91 Å². The van der Waals surface area contributed by atoms with E-state index in [0.29, 0.717) is 30.6 Å². The molecule has 0 N–H and O–H groups in total. The summed E-state index contributed by atoms with van der Waals surface area (Å²) >= 11 is 0. The maximum Gasteiger partial charge on any atom is 0.274 e. The number of fused-ring (bicyclic) bond motifs is 3. The average molecular weight is 441 g/mol. The molecule has 32 heavy (non-hydrogen) atoms. The summed E-state index contributed by atoms with van der Waals surface area (Å²) in [5, 5.41) is 4.61. The molecule has 0 bridgehead atoms.